The number of halogens is 2. The Bertz CT molecular complexity index is 917. The van der Waals surface area contributed by atoms with Crippen LogP contribution >= 0.6 is 35.6 Å². The number of nitrogens with two attached hydrogens (primary N) is 1. The molecule has 2 N–H and O–H groups in total. The Labute approximate surface area is 179 Å². The third kappa shape index (κ3) is 4.44. The number of anilines is 1. The maximum Gasteiger partial charge on any atom is 0.191 e. The van der Waals surface area contributed by atoms with Gasteiger partial charge in [-0.2, -0.15) is 5.10 Å². The standard InChI is InChI=1S/C18H20ClN7.HI/c19-14-1-3-15(4-2-14)24-9-11-25(12-10-24)18(20)22-13-16-5-7-21-17-6-8-23-26(16)17;/h1-8H,9-13H2,(H2,20,22);1H. The maximum atomic E-state index is 6.21. The van der Waals surface area contributed by atoms with Crippen molar-refractivity contribution in [2.24, 2.45) is 10.7 Å². The van der Waals surface area contributed by atoms with Crippen LogP contribution in [0.1, 0.15) is 5.69 Å². The lowest BCUT2D eigenvalue weighted by molar-refractivity contribution is 0.380. The number of rotatable bonds is 3. The topological polar surface area (TPSA) is 75.0 Å². The molecule has 2 aromatic heterocycles. The Morgan fingerprint density at radius 3 is 2.52 bits per heavy atom. The van der Waals surface area contributed by atoms with Gasteiger partial charge >= 0.3 is 0 Å². The molecule has 0 unspecified atom stereocenters. The summed E-state index contributed by atoms with van der Waals surface area (Å²) in [4.78, 5) is 13.3. The number of fused-ring (bicyclic) bond motifs is 1. The zero-order chi connectivity index (χ0) is 17.9. The monoisotopic (exact) mass is 497 g/mol. The molecule has 1 saturated heterocycles. The van der Waals surface area contributed by atoms with Crippen molar-refractivity contribution in [2.45, 2.75) is 6.54 Å². The van der Waals surface area contributed by atoms with E-state index in [1.165, 1.54) is 5.69 Å². The van der Waals surface area contributed by atoms with Gasteiger partial charge in [0.1, 0.15) is 0 Å². The largest absolute Gasteiger partial charge is 0.370 e. The van der Waals surface area contributed by atoms with E-state index in [4.69, 9.17) is 17.3 Å². The van der Waals surface area contributed by atoms with Crippen LogP contribution in [0.3, 0.4) is 0 Å². The third-order valence-corrected chi connectivity index (χ3v) is 4.82. The van der Waals surface area contributed by atoms with E-state index < -0.39 is 0 Å². The average molecular weight is 498 g/mol. The minimum atomic E-state index is 0. The lowest BCUT2D eigenvalue weighted by Gasteiger charge is -2.36. The summed E-state index contributed by atoms with van der Waals surface area (Å²) in [6, 6.07) is 11.7. The van der Waals surface area contributed by atoms with Gasteiger partial charge in [0.15, 0.2) is 11.6 Å². The molecule has 0 amide bonds. The zero-order valence-corrected chi connectivity index (χ0v) is 17.8. The first-order valence-electron chi connectivity index (χ1n) is 8.54. The molecule has 1 aromatic carbocycles. The minimum absolute atomic E-state index is 0. The highest BCUT2D eigenvalue weighted by Crippen LogP contribution is 2.19. The van der Waals surface area contributed by atoms with E-state index in [-0.39, 0.29) is 24.0 Å². The number of guanidine groups is 1. The summed E-state index contributed by atoms with van der Waals surface area (Å²) in [7, 11) is 0. The number of hydrogen-bond acceptors (Lipinski definition) is 4. The second-order valence-corrected chi connectivity index (χ2v) is 6.60. The summed E-state index contributed by atoms with van der Waals surface area (Å²) < 4.78 is 1.79. The van der Waals surface area contributed by atoms with Crippen molar-refractivity contribution in [1.82, 2.24) is 19.5 Å². The summed E-state index contributed by atoms with van der Waals surface area (Å²) in [5, 5.41) is 5.03. The minimum Gasteiger partial charge on any atom is -0.370 e. The summed E-state index contributed by atoms with van der Waals surface area (Å²) in [6.45, 7) is 3.95. The molecule has 142 valence electrons. The molecule has 1 aliphatic heterocycles. The maximum absolute atomic E-state index is 6.21. The molecule has 0 saturated carbocycles. The van der Waals surface area contributed by atoms with E-state index in [9.17, 15) is 0 Å². The molecule has 0 radical (unpaired) electrons. The highest BCUT2D eigenvalue weighted by atomic mass is 127. The first-order valence-corrected chi connectivity index (χ1v) is 8.91. The Morgan fingerprint density at radius 2 is 1.78 bits per heavy atom. The van der Waals surface area contributed by atoms with E-state index in [2.05, 4.69) is 24.9 Å². The van der Waals surface area contributed by atoms with Gasteiger partial charge in [0.25, 0.3) is 0 Å². The predicted octanol–water partition coefficient (Wildman–Crippen LogP) is 2.64. The van der Waals surface area contributed by atoms with Crippen molar-refractivity contribution in [3.8, 4) is 0 Å². The van der Waals surface area contributed by atoms with Crippen molar-refractivity contribution in [3.05, 3.63) is 59.5 Å². The van der Waals surface area contributed by atoms with Crippen molar-refractivity contribution >= 4 is 52.9 Å². The average Bonchev–Trinajstić information content (AvgIpc) is 3.16. The first kappa shape index (κ1) is 19.7. The van der Waals surface area contributed by atoms with E-state index in [0.717, 1.165) is 42.5 Å². The van der Waals surface area contributed by atoms with Crippen LogP contribution in [0.2, 0.25) is 5.02 Å². The summed E-state index contributed by atoms with van der Waals surface area (Å²) in [6.07, 6.45) is 3.50. The molecule has 0 aliphatic carbocycles. The molecular formula is C18H21ClIN7. The molecule has 0 bridgehead atoms. The number of benzene rings is 1. The fraction of sp³-hybridized carbons (Fsp3) is 0.278. The Balaban J connectivity index is 0.00000210. The molecule has 4 rings (SSSR count). The predicted molar refractivity (Wildman–Crippen MR) is 119 cm³/mol. The highest BCUT2D eigenvalue weighted by molar-refractivity contribution is 14.0. The van der Waals surface area contributed by atoms with Crippen LogP contribution in [0.5, 0.6) is 0 Å². The van der Waals surface area contributed by atoms with E-state index in [0.29, 0.717) is 12.5 Å². The Kier molecular flexibility index (Phi) is 6.38. The number of aliphatic imine (C=N–C) groups is 1. The summed E-state index contributed by atoms with van der Waals surface area (Å²) >= 11 is 5.96. The van der Waals surface area contributed by atoms with Gasteiger partial charge in [-0.25, -0.2) is 14.5 Å². The fourth-order valence-corrected chi connectivity index (χ4v) is 3.24. The highest BCUT2D eigenvalue weighted by Gasteiger charge is 2.18. The van der Waals surface area contributed by atoms with Crippen molar-refractivity contribution < 1.29 is 0 Å². The Morgan fingerprint density at radius 1 is 1.04 bits per heavy atom. The zero-order valence-electron chi connectivity index (χ0n) is 14.7. The van der Waals surface area contributed by atoms with Gasteiger partial charge in [0.05, 0.1) is 18.4 Å². The molecule has 1 fully saturated rings. The SMILES string of the molecule is I.NC(=NCc1ccnc2ccnn12)N1CCN(c2ccc(Cl)cc2)CC1. The molecule has 27 heavy (non-hydrogen) atoms. The number of piperazine rings is 1. The van der Waals surface area contributed by atoms with Gasteiger partial charge in [-0.15, -0.1) is 24.0 Å². The molecule has 0 atom stereocenters. The summed E-state index contributed by atoms with van der Waals surface area (Å²) in [5.41, 5.74) is 9.17. The molecule has 9 heteroatoms. The van der Waals surface area contributed by atoms with Gasteiger partial charge in [-0.3, -0.25) is 0 Å². The number of aromatic nitrogens is 3. The molecular weight excluding hydrogens is 477 g/mol. The van der Waals surface area contributed by atoms with Crippen LogP contribution < -0.4 is 10.6 Å². The van der Waals surface area contributed by atoms with Crippen molar-refractivity contribution in [2.75, 3.05) is 31.1 Å². The van der Waals surface area contributed by atoms with E-state index >= 15 is 0 Å². The van der Waals surface area contributed by atoms with Crippen LogP contribution in [0.15, 0.2) is 53.8 Å². The van der Waals surface area contributed by atoms with E-state index in [1.807, 2.05) is 36.4 Å². The Hall–Kier alpha value is -2.07. The molecule has 1 aliphatic rings. The molecule has 7 nitrogen and oxygen atoms in total. The lowest BCUT2D eigenvalue weighted by Crippen LogP contribution is -2.51. The van der Waals surface area contributed by atoms with Crippen LogP contribution in [0, 0.1) is 0 Å². The van der Waals surface area contributed by atoms with Crippen molar-refractivity contribution in [1.29, 1.82) is 0 Å². The quantitative estimate of drug-likeness (QED) is 0.342. The summed E-state index contributed by atoms with van der Waals surface area (Å²) in [5.74, 6) is 0.567. The number of hydrogen-bond donors (Lipinski definition) is 1. The van der Waals surface area contributed by atoms with Gasteiger partial charge in [0.2, 0.25) is 0 Å². The first-order chi connectivity index (χ1) is 12.7. The lowest BCUT2D eigenvalue weighted by atomic mass is 10.2. The van der Waals surface area contributed by atoms with Gasteiger partial charge in [0, 0.05) is 49.2 Å². The smallest absolute Gasteiger partial charge is 0.191 e. The van der Waals surface area contributed by atoms with Gasteiger partial charge in [-0.1, -0.05) is 11.6 Å². The van der Waals surface area contributed by atoms with Crippen molar-refractivity contribution in [3.63, 3.8) is 0 Å². The fourth-order valence-electron chi connectivity index (χ4n) is 3.11. The number of nitrogens with zero attached hydrogens (tertiary/aromatic N) is 6. The van der Waals surface area contributed by atoms with Gasteiger partial charge in [-0.05, 0) is 30.3 Å². The second kappa shape index (κ2) is 8.75. The third-order valence-electron chi connectivity index (χ3n) is 4.57. The van der Waals surface area contributed by atoms with Crippen LogP contribution in [-0.2, 0) is 6.54 Å². The normalized spacial score (nSPS) is 15.1. The van der Waals surface area contributed by atoms with Crippen LogP contribution in [-0.4, -0.2) is 51.6 Å². The molecule has 3 aromatic rings. The molecule has 3 heterocycles. The van der Waals surface area contributed by atoms with E-state index in [1.54, 1.807) is 16.9 Å². The second-order valence-electron chi connectivity index (χ2n) is 6.16. The van der Waals surface area contributed by atoms with Crippen LogP contribution in [0.25, 0.3) is 5.65 Å². The van der Waals surface area contributed by atoms with Crippen LogP contribution in [0.4, 0.5) is 5.69 Å². The molecule has 0 spiro atoms. The van der Waals surface area contributed by atoms with Gasteiger partial charge < -0.3 is 15.5 Å².